The number of hydrogen-bond donors (Lipinski definition) is 1. The van der Waals surface area contributed by atoms with Gasteiger partial charge in [0.15, 0.2) is 0 Å². The summed E-state index contributed by atoms with van der Waals surface area (Å²) >= 11 is 3.23. The van der Waals surface area contributed by atoms with Crippen LogP contribution >= 0.6 is 15.9 Å². The maximum atomic E-state index is 12.9. The number of carbonyl (C=O) groups is 1. The summed E-state index contributed by atoms with van der Waals surface area (Å²) in [4.78, 5) is 12.7. The van der Waals surface area contributed by atoms with Crippen LogP contribution < -0.4 is 5.32 Å². The van der Waals surface area contributed by atoms with Crippen LogP contribution in [-0.2, 0) is 21.0 Å². The van der Waals surface area contributed by atoms with Crippen molar-refractivity contribution in [3.63, 3.8) is 0 Å². The molecule has 1 saturated heterocycles. The molecule has 0 saturated carbocycles. The van der Waals surface area contributed by atoms with Gasteiger partial charge in [-0.25, -0.2) is 8.42 Å². The van der Waals surface area contributed by atoms with Gasteiger partial charge in [0.1, 0.15) is 6.04 Å². The van der Waals surface area contributed by atoms with E-state index < -0.39 is 33.7 Å². The first-order valence-corrected chi connectivity index (χ1v) is 10.6. The fourth-order valence-electron chi connectivity index (χ4n) is 3.03. The highest BCUT2D eigenvalue weighted by Gasteiger charge is 2.39. The van der Waals surface area contributed by atoms with Gasteiger partial charge in [0.05, 0.1) is 10.5 Å². The minimum atomic E-state index is -4.54. The summed E-state index contributed by atoms with van der Waals surface area (Å²) in [6.07, 6.45) is -3.76. The lowest BCUT2D eigenvalue weighted by Crippen LogP contribution is -2.43. The molecule has 0 unspecified atom stereocenters. The second-order valence-corrected chi connectivity index (χ2v) is 9.10. The Hall–Kier alpha value is -1.91. The summed E-state index contributed by atoms with van der Waals surface area (Å²) in [6, 6.07) is 9.28. The van der Waals surface area contributed by atoms with Gasteiger partial charge in [-0.05, 0) is 55.3 Å². The molecule has 2 aromatic rings. The number of amides is 1. The molecule has 1 heterocycles. The van der Waals surface area contributed by atoms with Gasteiger partial charge in [-0.3, -0.25) is 4.79 Å². The molecule has 1 fully saturated rings. The van der Waals surface area contributed by atoms with E-state index in [1.165, 1.54) is 24.3 Å². The molecular weight excluding hydrogens is 461 g/mol. The van der Waals surface area contributed by atoms with Crippen molar-refractivity contribution in [3.8, 4) is 0 Å². The molecule has 0 bridgehead atoms. The average molecular weight is 477 g/mol. The first kappa shape index (κ1) is 20.8. The van der Waals surface area contributed by atoms with Crippen LogP contribution in [0.5, 0.6) is 0 Å². The van der Waals surface area contributed by atoms with Crippen molar-refractivity contribution in [2.75, 3.05) is 11.9 Å². The van der Waals surface area contributed by atoms with Crippen LogP contribution in [0, 0.1) is 0 Å². The number of benzene rings is 2. The molecule has 28 heavy (non-hydrogen) atoms. The van der Waals surface area contributed by atoms with Crippen molar-refractivity contribution >= 4 is 37.5 Å². The molecule has 0 spiro atoms. The van der Waals surface area contributed by atoms with Crippen molar-refractivity contribution in [1.29, 1.82) is 0 Å². The van der Waals surface area contributed by atoms with E-state index in [9.17, 15) is 26.4 Å². The van der Waals surface area contributed by atoms with Crippen molar-refractivity contribution in [1.82, 2.24) is 4.31 Å². The third kappa shape index (κ3) is 4.39. The van der Waals surface area contributed by atoms with Crippen molar-refractivity contribution in [3.05, 3.63) is 58.6 Å². The molecule has 0 aromatic heterocycles. The van der Waals surface area contributed by atoms with Crippen LogP contribution in [0.3, 0.4) is 0 Å². The molecule has 0 radical (unpaired) electrons. The molecule has 0 aliphatic carbocycles. The van der Waals surface area contributed by atoms with Crippen molar-refractivity contribution in [2.45, 2.75) is 30.0 Å². The third-order valence-electron chi connectivity index (χ3n) is 4.38. The van der Waals surface area contributed by atoms with E-state index in [0.29, 0.717) is 17.3 Å². The second kappa shape index (κ2) is 7.84. The number of anilines is 1. The van der Waals surface area contributed by atoms with E-state index in [0.717, 1.165) is 16.4 Å². The molecule has 150 valence electrons. The molecule has 10 heteroatoms. The van der Waals surface area contributed by atoms with Crippen molar-refractivity contribution < 1.29 is 26.4 Å². The number of nitrogens with zero attached hydrogens (tertiary/aromatic N) is 1. The van der Waals surface area contributed by atoms with E-state index in [4.69, 9.17) is 0 Å². The van der Waals surface area contributed by atoms with Crippen LogP contribution in [0.2, 0.25) is 0 Å². The Morgan fingerprint density at radius 2 is 1.82 bits per heavy atom. The number of rotatable bonds is 4. The Bertz CT molecular complexity index is 978. The van der Waals surface area contributed by atoms with E-state index in [1.54, 1.807) is 12.1 Å². The summed E-state index contributed by atoms with van der Waals surface area (Å²) in [5.41, 5.74) is -0.927. The van der Waals surface area contributed by atoms with Gasteiger partial charge in [0.25, 0.3) is 0 Å². The van der Waals surface area contributed by atoms with Gasteiger partial charge >= 0.3 is 6.18 Å². The molecule has 1 aliphatic heterocycles. The molecule has 3 rings (SSSR count). The lowest BCUT2D eigenvalue weighted by atomic mass is 10.1. The van der Waals surface area contributed by atoms with Crippen LogP contribution in [0.15, 0.2) is 57.9 Å². The summed E-state index contributed by atoms with van der Waals surface area (Å²) < 4.78 is 66.1. The summed E-state index contributed by atoms with van der Waals surface area (Å²) in [6.45, 7) is 0.166. The topological polar surface area (TPSA) is 66.5 Å². The average Bonchev–Trinajstić information content (AvgIpc) is 3.12. The van der Waals surface area contributed by atoms with E-state index in [2.05, 4.69) is 21.2 Å². The van der Waals surface area contributed by atoms with Gasteiger partial charge in [-0.1, -0.05) is 22.0 Å². The normalized spacial score (nSPS) is 18.2. The molecule has 5 nitrogen and oxygen atoms in total. The standard InChI is InChI=1S/C18H16BrF3N2O3S/c19-13-6-8-15(9-7-13)28(26,27)24-10-2-5-16(24)17(25)23-14-4-1-3-12(11-14)18(20,21)22/h1,3-4,6-9,11,16H,2,5,10H2,(H,23,25)/t16-/m1/s1. The van der Waals surface area contributed by atoms with Gasteiger partial charge in [-0.2, -0.15) is 17.5 Å². The van der Waals surface area contributed by atoms with E-state index >= 15 is 0 Å². The number of halogens is 4. The minimum absolute atomic E-state index is 0.0345. The fraction of sp³-hybridized carbons (Fsp3) is 0.278. The molecule has 1 amide bonds. The van der Waals surface area contributed by atoms with Crippen LogP contribution in [0.1, 0.15) is 18.4 Å². The summed E-state index contributed by atoms with van der Waals surface area (Å²) in [5.74, 6) is -0.655. The highest BCUT2D eigenvalue weighted by molar-refractivity contribution is 9.10. The molecule has 1 aliphatic rings. The minimum Gasteiger partial charge on any atom is -0.325 e. The number of hydrogen-bond acceptors (Lipinski definition) is 3. The lowest BCUT2D eigenvalue weighted by molar-refractivity contribution is -0.137. The smallest absolute Gasteiger partial charge is 0.325 e. The molecule has 2 aromatic carbocycles. The van der Waals surface area contributed by atoms with Gasteiger partial charge < -0.3 is 5.32 Å². The highest BCUT2D eigenvalue weighted by atomic mass is 79.9. The largest absolute Gasteiger partial charge is 0.416 e. The van der Waals surface area contributed by atoms with E-state index in [-0.39, 0.29) is 17.1 Å². The zero-order valence-electron chi connectivity index (χ0n) is 14.4. The van der Waals surface area contributed by atoms with Crippen LogP contribution in [0.4, 0.5) is 18.9 Å². The lowest BCUT2D eigenvalue weighted by Gasteiger charge is -2.23. The summed E-state index contributed by atoms with van der Waals surface area (Å²) in [7, 11) is -3.90. The molecular formula is C18H16BrF3N2O3S. The van der Waals surface area contributed by atoms with Gasteiger partial charge in [0, 0.05) is 16.7 Å². The predicted molar refractivity (Wildman–Crippen MR) is 101 cm³/mol. The Balaban J connectivity index is 1.81. The fourth-order valence-corrected chi connectivity index (χ4v) is 4.95. The van der Waals surface area contributed by atoms with Gasteiger partial charge in [-0.15, -0.1) is 0 Å². The predicted octanol–water partition coefficient (Wildman–Crippen LogP) is 4.26. The SMILES string of the molecule is O=C(Nc1cccc(C(F)(F)F)c1)[C@H]1CCCN1S(=O)(=O)c1ccc(Br)cc1. The van der Waals surface area contributed by atoms with Crippen LogP contribution in [-0.4, -0.2) is 31.2 Å². The first-order valence-electron chi connectivity index (χ1n) is 8.34. The number of sulfonamides is 1. The Labute approximate surface area is 168 Å². The van der Waals surface area contributed by atoms with E-state index in [1.807, 2.05) is 0 Å². The Morgan fingerprint density at radius 1 is 1.14 bits per heavy atom. The maximum Gasteiger partial charge on any atom is 0.416 e. The van der Waals surface area contributed by atoms with Crippen LogP contribution in [0.25, 0.3) is 0 Å². The monoisotopic (exact) mass is 476 g/mol. The maximum absolute atomic E-state index is 12.9. The second-order valence-electron chi connectivity index (χ2n) is 6.30. The number of nitrogens with one attached hydrogen (secondary N) is 1. The Morgan fingerprint density at radius 3 is 2.46 bits per heavy atom. The number of carbonyl (C=O) groups excluding carboxylic acids is 1. The first-order chi connectivity index (χ1) is 13.1. The zero-order valence-corrected chi connectivity index (χ0v) is 16.8. The zero-order chi connectivity index (χ0) is 20.5. The Kier molecular flexibility index (Phi) is 5.83. The number of alkyl halides is 3. The molecule has 1 N–H and O–H groups in total. The van der Waals surface area contributed by atoms with Crippen molar-refractivity contribution in [2.24, 2.45) is 0 Å². The quantitative estimate of drug-likeness (QED) is 0.716. The summed E-state index contributed by atoms with van der Waals surface area (Å²) in [5, 5.41) is 2.41. The third-order valence-corrected chi connectivity index (χ3v) is 6.84. The molecule has 1 atom stereocenters. The van der Waals surface area contributed by atoms with Gasteiger partial charge in [0.2, 0.25) is 15.9 Å². The highest BCUT2D eigenvalue weighted by Crippen LogP contribution is 2.31.